The van der Waals surface area contributed by atoms with Crippen molar-refractivity contribution in [2.45, 2.75) is 44.2 Å². The Hall–Kier alpha value is -2.39. The van der Waals surface area contributed by atoms with Gasteiger partial charge in [0, 0.05) is 32.9 Å². The van der Waals surface area contributed by atoms with Gasteiger partial charge < -0.3 is 10.1 Å². The Morgan fingerprint density at radius 2 is 2.17 bits per heavy atom. The topological polar surface area (TPSA) is 93.5 Å². The first kappa shape index (κ1) is 21.3. The summed E-state index contributed by atoms with van der Waals surface area (Å²) in [6, 6.07) is 7.60. The maximum absolute atomic E-state index is 12.8. The summed E-state index contributed by atoms with van der Waals surface area (Å²) in [6.45, 7) is 4.89. The minimum Gasteiger partial charge on any atom is -0.491 e. The van der Waals surface area contributed by atoms with Gasteiger partial charge >= 0.3 is 0 Å². The van der Waals surface area contributed by atoms with Crippen molar-refractivity contribution in [3.05, 3.63) is 42.2 Å². The zero-order chi connectivity index (χ0) is 21.0. The van der Waals surface area contributed by atoms with E-state index in [4.69, 9.17) is 4.74 Å². The second-order valence-corrected chi connectivity index (χ2v) is 9.52. The second-order valence-electron chi connectivity index (χ2n) is 7.58. The monoisotopic (exact) mass is 420 g/mol. The van der Waals surface area contributed by atoms with E-state index in [1.165, 1.54) is 21.4 Å². The van der Waals surface area contributed by atoms with Crippen LogP contribution in [0.4, 0.5) is 0 Å². The number of benzene rings is 1. The fraction of sp³-hybridized carbons (Fsp3) is 0.500. The molecule has 1 saturated heterocycles. The van der Waals surface area contributed by atoms with Crippen LogP contribution in [-0.2, 0) is 28.4 Å². The van der Waals surface area contributed by atoms with Gasteiger partial charge in [0.05, 0.1) is 18.2 Å². The Labute approximate surface area is 171 Å². The molecule has 1 aliphatic rings. The summed E-state index contributed by atoms with van der Waals surface area (Å²) in [7, 11) is -1.97. The van der Waals surface area contributed by atoms with E-state index in [2.05, 4.69) is 10.4 Å². The molecule has 1 aromatic carbocycles. The molecule has 0 spiro atoms. The number of ether oxygens (including phenoxy) is 1. The number of rotatable bonds is 7. The van der Waals surface area contributed by atoms with Gasteiger partial charge in [-0.3, -0.25) is 9.48 Å². The van der Waals surface area contributed by atoms with E-state index in [9.17, 15) is 13.2 Å². The Morgan fingerprint density at radius 1 is 1.38 bits per heavy atom. The summed E-state index contributed by atoms with van der Waals surface area (Å²) in [4.78, 5) is 12.8. The van der Waals surface area contributed by atoms with Crippen molar-refractivity contribution in [2.24, 2.45) is 13.0 Å². The van der Waals surface area contributed by atoms with E-state index in [0.717, 1.165) is 11.3 Å². The van der Waals surface area contributed by atoms with E-state index < -0.39 is 10.0 Å². The first-order valence-corrected chi connectivity index (χ1v) is 11.2. The molecule has 1 atom stereocenters. The van der Waals surface area contributed by atoms with Crippen molar-refractivity contribution in [3.63, 3.8) is 0 Å². The molecule has 0 saturated carbocycles. The maximum Gasteiger partial charge on any atom is 0.246 e. The lowest BCUT2D eigenvalue weighted by molar-refractivity contribution is -0.126. The lowest BCUT2D eigenvalue weighted by Crippen LogP contribution is -2.45. The molecule has 1 fully saturated rings. The molecule has 1 unspecified atom stereocenters. The molecule has 0 radical (unpaired) electrons. The van der Waals surface area contributed by atoms with Crippen molar-refractivity contribution in [2.75, 3.05) is 13.1 Å². The standard InChI is InChI=1S/C20H28N4O4S/c1-15(2)28-18-8-4-6-16(10-18)11-21-20(25)17-7-5-9-24(13-17)29(26,27)19-12-22-23(3)14-19/h4,6,8,10,12,14-15,17H,5,7,9,11,13H2,1-3H3,(H,21,25). The van der Waals surface area contributed by atoms with Crippen molar-refractivity contribution >= 4 is 15.9 Å². The second kappa shape index (κ2) is 8.96. The zero-order valence-electron chi connectivity index (χ0n) is 17.0. The first-order valence-electron chi connectivity index (χ1n) is 9.78. The van der Waals surface area contributed by atoms with Gasteiger partial charge in [-0.05, 0) is 44.4 Å². The van der Waals surface area contributed by atoms with Gasteiger partial charge in [0.25, 0.3) is 0 Å². The highest BCUT2D eigenvalue weighted by Gasteiger charge is 2.33. The molecule has 29 heavy (non-hydrogen) atoms. The van der Waals surface area contributed by atoms with Crippen LogP contribution in [0.15, 0.2) is 41.6 Å². The molecule has 0 aliphatic carbocycles. The van der Waals surface area contributed by atoms with Gasteiger partial charge in [-0.1, -0.05) is 12.1 Å². The lowest BCUT2D eigenvalue weighted by Gasteiger charge is -2.30. The highest BCUT2D eigenvalue weighted by molar-refractivity contribution is 7.89. The van der Waals surface area contributed by atoms with Crippen LogP contribution in [0, 0.1) is 5.92 Å². The predicted molar refractivity (Wildman–Crippen MR) is 109 cm³/mol. The highest BCUT2D eigenvalue weighted by atomic mass is 32.2. The number of amides is 1. The number of aromatic nitrogens is 2. The SMILES string of the molecule is CC(C)Oc1cccc(CNC(=O)C2CCCN(S(=O)(=O)c3cnn(C)c3)C2)c1. The van der Waals surface area contributed by atoms with Gasteiger partial charge in [-0.15, -0.1) is 0 Å². The van der Waals surface area contributed by atoms with Gasteiger partial charge in [0.1, 0.15) is 10.6 Å². The number of carbonyl (C=O) groups is 1. The molecule has 3 rings (SSSR count). The third-order valence-electron chi connectivity index (χ3n) is 4.81. The van der Waals surface area contributed by atoms with Crippen molar-refractivity contribution in [1.29, 1.82) is 0 Å². The van der Waals surface area contributed by atoms with Crippen LogP contribution in [-0.4, -0.2) is 47.6 Å². The predicted octanol–water partition coefficient (Wildman–Crippen LogP) is 1.92. The van der Waals surface area contributed by atoms with E-state index in [-0.39, 0.29) is 29.4 Å². The van der Waals surface area contributed by atoms with Crippen LogP contribution in [0.5, 0.6) is 5.75 Å². The number of hydrogen-bond acceptors (Lipinski definition) is 5. The lowest BCUT2D eigenvalue weighted by atomic mass is 9.99. The largest absolute Gasteiger partial charge is 0.491 e. The molecular formula is C20H28N4O4S. The van der Waals surface area contributed by atoms with E-state index in [1.807, 2.05) is 38.1 Å². The number of nitrogens with one attached hydrogen (secondary N) is 1. The highest BCUT2D eigenvalue weighted by Crippen LogP contribution is 2.24. The summed E-state index contributed by atoms with van der Waals surface area (Å²) in [5.41, 5.74) is 0.937. The van der Waals surface area contributed by atoms with Crippen molar-refractivity contribution in [3.8, 4) is 5.75 Å². The molecule has 158 valence electrons. The fourth-order valence-electron chi connectivity index (χ4n) is 3.39. The molecular weight excluding hydrogens is 392 g/mol. The van der Waals surface area contributed by atoms with Crippen molar-refractivity contribution in [1.82, 2.24) is 19.4 Å². The molecule has 1 amide bonds. The van der Waals surface area contributed by atoms with Gasteiger partial charge in [0.15, 0.2) is 0 Å². The fourth-order valence-corrected chi connectivity index (χ4v) is 4.90. The molecule has 0 bridgehead atoms. The van der Waals surface area contributed by atoms with Crippen LogP contribution < -0.4 is 10.1 Å². The number of aryl methyl sites for hydroxylation is 1. The van der Waals surface area contributed by atoms with E-state index in [1.54, 1.807) is 7.05 Å². The van der Waals surface area contributed by atoms with E-state index >= 15 is 0 Å². The minimum absolute atomic E-state index is 0.0785. The van der Waals surface area contributed by atoms with E-state index in [0.29, 0.717) is 25.9 Å². The average molecular weight is 421 g/mol. The summed E-state index contributed by atoms with van der Waals surface area (Å²) in [5, 5.41) is 6.87. The van der Waals surface area contributed by atoms with Crippen LogP contribution in [0.25, 0.3) is 0 Å². The maximum atomic E-state index is 12.8. The van der Waals surface area contributed by atoms with Gasteiger partial charge in [0.2, 0.25) is 15.9 Å². The van der Waals surface area contributed by atoms with Crippen molar-refractivity contribution < 1.29 is 17.9 Å². The third kappa shape index (κ3) is 5.36. The number of carbonyl (C=O) groups excluding carboxylic acids is 1. The number of hydrogen-bond donors (Lipinski definition) is 1. The minimum atomic E-state index is -3.64. The summed E-state index contributed by atoms with van der Waals surface area (Å²) >= 11 is 0. The quantitative estimate of drug-likeness (QED) is 0.739. The van der Waals surface area contributed by atoms with Crippen LogP contribution in [0.1, 0.15) is 32.3 Å². The van der Waals surface area contributed by atoms with Gasteiger partial charge in [-0.25, -0.2) is 8.42 Å². The Kier molecular flexibility index (Phi) is 6.59. The molecule has 2 aromatic rings. The van der Waals surface area contributed by atoms with Crippen LogP contribution in [0.3, 0.4) is 0 Å². The normalized spacial score (nSPS) is 18.0. The molecule has 8 nitrogen and oxygen atoms in total. The Balaban J connectivity index is 1.60. The van der Waals surface area contributed by atoms with Crippen LogP contribution in [0.2, 0.25) is 0 Å². The molecule has 1 aliphatic heterocycles. The summed E-state index contributed by atoms with van der Waals surface area (Å²) in [5.74, 6) is 0.259. The number of nitrogens with zero attached hydrogens (tertiary/aromatic N) is 3. The summed E-state index contributed by atoms with van der Waals surface area (Å²) < 4.78 is 34.1. The zero-order valence-corrected chi connectivity index (χ0v) is 17.9. The average Bonchev–Trinajstić information content (AvgIpc) is 3.13. The Bertz CT molecular complexity index is 955. The molecule has 2 heterocycles. The molecule has 1 aromatic heterocycles. The van der Waals surface area contributed by atoms with Crippen LogP contribution >= 0.6 is 0 Å². The molecule has 9 heteroatoms. The third-order valence-corrected chi connectivity index (χ3v) is 6.63. The van der Waals surface area contributed by atoms with Gasteiger partial charge in [-0.2, -0.15) is 9.40 Å². The smallest absolute Gasteiger partial charge is 0.246 e. The first-order chi connectivity index (χ1) is 13.8. The molecule has 1 N–H and O–H groups in total. The Morgan fingerprint density at radius 3 is 2.86 bits per heavy atom. The summed E-state index contributed by atoms with van der Waals surface area (Å²) in [6.07, 6.45) is 4.21. The number of sulfonamides is 1. The number of piperidine rings is 1.